The third kappa shape index (κ3) is 5.76. The maximum absolute atomic E-state index is 12.1. The summed E-state index contributed by atoms with van der Waals surface area (Å²) in [5, 5.41) is 3.30. The molecule has 0 bridgehead atoms. The standard InChI is InChI=1S/C17H28N2O2/c1-6-19(15-10-8-9-14(5)11-15)12-16(18-13(3)4)17(20)21-7-2/h8-11,13,16,18H,6-7,12H2,1-5H3. The topological polar surface area (TPSA) is 41.6 Å². The van der Waals surface area contributed by atoms with Gasteiger partial charge in [-0.25, -0.2) is 0 Å². The molecule has 0 radical (unpaired) electrons. The van der Waals surface area contributed by atoms with Crippen LogP contribution in [0.2, 0.25) is 0 Å². The molecule has 4 nitrogen and oxygen atoms in total. The third-order valence-electron chi connectivity index (χ3n) is 3.26. The number of rotatable bonds is 8. The summed E-state index contributed by atoms with van der Waals surface area (Å²) in [7, 11) is 0. The lowest BCUT2D eigenvalue weighted by molar-refractivity contribution is -0.145. The van der Waals surface area contributed by atoms with Crippen molar-refractivity contribution in [1.29, 1.82) is 0 Å². The number of ether oxygens (including phenoxy) is 1. The van der Waals surface area contributed by atoms with E-state index in [4.69, 9.17) is 4.74 Å². The van der Waals surface area contributed by atoms with Gasteiger partial charge in [0.05, 0.1) is 6.61 Å². The summed E-state index contributed by atoms with van der Waals surface area (Å²) in [5.41, 5.74) is 2.35. The molecule has 1 aromatic rings. The molecule has 118 valence electrons. The lowest BCUT2D eigenvalue weighted by Crippen LogP contribution is -2.49. The zero-order chi connectivity index (χ0) is 15.8. The molecule has 21 heavy (non-hydrogen) atoms. The summed E-state index contributed by atoms with van der Waals surface area (Å²) in [6.07, 6.45) is 0. The predicted molar refractivity (Wildman–Crippen MR) is 87.8 cm³/mol. The van der Waals surface area contributed by atoms with E-state index in [1.165, 1.54) is 5.56 Å². The first-order valence-corrected chi connectivity index (χ1v) is 7.72. The fraction of sp³-hybridized carbons (Fsp3) is 0.588. The van der Waals surface area contributed by atoms with Crippen molar-refractivity contribution < 1.29 is 9.53 Å². The Morgan fingerprint density at radius 2 is 2.05 bits per heavy atom. The molecule has 0 aliphatic rings. The monoisotopic (exact) mass is 292 g/mol. The number of nitrogens with zero attached hydrogens (tertiary/aromatic N) is 1. The van der Waals surface area contributed by atoms with Crippen molar-refractivity contribution in [2.24, 2.45) is 0 Å². The van der Waals surface area contributed by atoms with Gasteiger partial charge in [0.15, 0.2) is 0 Å². The van der Waals surface area contributed by atoms with Crippen LogP contribution in [0, 0.1) is 6.92 Å². The number of likely N-dealkylation sites (N-methyl/N-ethyl adjacent to an activating group) is 1. The van der Waals surface area contributed by atoms with E-state index in [1.54, 1.807) is 0 Å². The largest absolute Gasteiger partial charge is 0.465 e. The van der Waals surface area contributed by atoms with Crippen molar-refractivity contribution in [3.05, 3.63) is 29.8 Å². The lowest BCUT2D eigenvalue weighted by atomic mass is 10.1. The number of aryl methyl sites for hydroxylation is 1. The number of nitrogens with one attached hydrogen (secondary N) is 1. The Labute approximate surface area is 128 Å². The third-order valence-corrected chi connectivity index (χ3v) is 3.26. The highest BCUT2D eigenvalue weighted by Crippen LogP contribution is 2.16. The summed E-state index contributed by atoms with van der Waals surface area (Å²) in [4.78, 5) is 14.3. The quantitative estimate of drug-likeness (QED) is 0.748. The SMILES string of the molecule is CCOC(=O)C(CN(CC)c1cccc(C)c1)NC(C)C. The molecule has 4 heteroatoms. The molecule has 1 aromatic carbocycles. The Morgan fingerprint density at radius 1 is 1.33 bits per heavy atom. The van der Waals surface area contributed by atoms with Crippen molar-refractivity contribution in [2.45, 2.75) is 46.7 Å². The van der Waals surface area contributed by atoms with Crippen LogP contribution in [0.15, 0.2) is 24.3 Å². The first-order chi connectivity index (χ1) is 9.97. The average molecular weight is 292 g/mol. The van der Waals surface area contributed by atoms with E-state index in [-0.39, 0.29) is 18.1 Å². The Hall–Kier alpha value is -1.55. The van der Waals surface area contributed by atoms with Crippen LogP contribution < -0.4 is 10.2 Å². The first-order valence-electron chi connectivity index (χ1n) is 7.72. The van der Waals surface area contributed by atoms with Crippen molar-refractivity contribution in [3.63, 3.8) is 0 Å². The van der Waals surface area contributed by atoms with Crippen LogP contribution in [0.1, 0.15) is 33.3 Å². The fourth-order valence-electron chi connectivity index (χ4n) is 2.30. The molecule has 1 atom stereocenters. The number of carbonyl (C=O) groups is 1. The zero-order valence-corrected chi connectivity index (χ0v) is 13.8. The lowest BCUT2D eigenvalue weighted by Gasteiger charge is -2.29. The molecule has 0 aliphatic carbocycles. The average Bonchev–Trinajstić information content (AvgIpc) is 2.43. The minimum absolute atomic E-state index is 0.183. The van der Waals surface area contributed by atoms with Crippen LogP contribution in [0.4, 0.5) is 5.69 Å². The second-order valence-electron chi connectivity index (χ2n) is 5.50. The molecule has 0 fully saturated rings. The van der Waals surface area contributed by atoms with Crippen molar-refractivity contribution >= 4 is 11.7 Å². The molecule has 0 heterocycles. The van der Waals surface area contributed by atoms with E-state index in [0.29, 0.717) is 13.2 Å². The van der Waals surface area contributed by atoms with Crippen molar-refractivity contribution in [1.82, 2.24) is 5.32 Å². The maximum atomic E-state index is 12.1. The van der Waals surface area contributed by atoms with Gasteiger partial charge in [0.25, 0.3) is 0 Å². The molecule has 1 unspecified atom stereocenters. The number of esters is 1. The molecule has 1 N–H and O–H groups in total. The van der Waals surface area contributed by atoms with E-state index in [1.807, 2.05) is 26.8 Å². The minimum atomic E-state index is -0.314. The molecule has 0 amide bonds. The van der Waals surface area contributed by atoms with E-state index in [0.717, 1.165) is 12.2 Å². The van der Waals surface area contributed by atoms with Crippen LogP contribution in [0.25, 0.3) is 0 Å². The Kier molecular flexibility index (Phi) is 7.23. The van der Waals surface area contributed by atoms with Gasteiger partial charge in [0.1, 0.15) is 6.04 Å². The number of benzene rings is 1. The zero-order valence-electron chi connectivity index (χ0n) is 13.8. The van der Waals surface area contributed by atoms with Gasteiger partial charge in [-0.05, 0) is 38.5 Å². The van der Waals surface area contributed by atoms with Gasteiger partial charge >= 0.3 is 5.97 Å². The van der Waals surface area contributed by atoms with Gasteiger partial charge in [-0.3, -0.25) is 4.79 Å². The van der Waals surface area contributed by atoms with Crippen LogP contribution in [0.5, 0.6) is 0 Å². The Bertz CT molecular complexity index is 446. The minimum Gasteiger partial charge on any atom is -0.465 e. The second-order valence-corrected chi connectivity index (χ2v) is 5.50. The van der Waals surface area contributed by atoms with Crippen molar-refractivity contribution in [3.8, 4) is 0 Å². The van der Waals surface area contributed by atoms with E-state index < -0.39 is 0 Å². The molecular weight excluding hydrogens is 264 g/mol. The summed E-state index contributed by atoms with van der Waals surface area (Å²) >= 11 is 0. The second kappa shape index (κ2) is 8.67. The summed E-state index contributed by atoms with van der Waals surface area (Å²) < 4.78 is 5.18. The van der Waals surface area contributed by atoms with Gasteiger partial charge < -0.3 is 15.0 Å². The molecule has 0 aromatic heterocycles. The van der Waals surface area contributed by atoms with Gasteiger partial charge in [0, 0.05) is 24.8 Å². The smallest absolute Gasteiger partial charge is 0.324 e. The van der Waals surface area contributed by atoms with E-state index in [2.05, 4.69) is 42.3 Å². The predicted octanol–water partition coefficient (Wildman–Crippen LogP) is 2.75. The highest BCUT2D eigenvalue weighted by atomic mass is 16.5. The fourth-order valence-corrected chi connectivity index (χ4v) is 2.30. The van der Waals surface area contributed by atoms with E-state index >= 15 is 0 Å². The number of hydrogen-bond acceptors (Lipinski definition) is 4. The summed E-state index contributed by atoms with van der Waals surface area (Å²) in [5.74, 6) is -0.183. The molecule has 0 aliphatic heterocycles. The van der Waals surface area contributed by atoms with Gasteiger partial charge in [-0.2, -0.15) is 0 Å². The van der Waals surface area contributed by atoms with Gasteiger partial charge in [-0.15, -0.1) is 0 Å². The molecule has 0 spiro atoms. The van der Waals surface area contributed by atoms with Crippen LogP contribution in [-0.2, 0) is 9.53 Å². The van der Waals surface area contributed by atoms with Crippen LogP contribution in [-0.4, -0.2) is 37.7 Å². The van der Waals surface area contributed by atoms with Crippen molar-refractivity contribution in [2.75, 3.05) is 24.6 Å². The molecule has 0 saturated carbocycles. The van der Waals surface area contributed by atoms with Crippen LogP contribution in [0.3, 0.4) is 0 Å². The molecular formula is C17H28N2O2. The maximum Gasteiger partial charge on any atom is 0.324 e. The molecule has 0 saturated heterocycles. The van der Waals surface area contributed by atoms with Gasteiger partial charge in [-0.1, -0.05) is 26.0 Å². The summed E-state index contributed by atoms with van der Waals surface area (Å²) in [6, 6.07) is 8.26. The highest BCUT2D eigenvalue weighted by molar-refractivity contribution is 5.76. The Balaban J connectivity index is 2.85. The number of anilines is 1. The molecule has 1 rings (SSSR count). The normalized spacial score (nSPS) is 12.3. The van der Waals surface area contributed by atoms with Gasteiger partial charge in [0.2, 0.25) is 0 Å². The highest BCUT2D eigenvalue weighted by Gasteiger charge is 2.23. The van der Waals surface area contributed by atoms with E-state index in [9.17, 15) is 4.79 Å². The number of carbonyl (C=O) groups excluding carboxylic acids is 1. The summed E-state index contributed by atoms with van der Waals surface area (Å²) in [6.45, 7) is 11.9. The first kappa shape index (κ1) is 17.5. The number of hydrogen-bond donors (Lipinski definition) is 1. The van der Waals surface area contributed by atoms with Crippen LogP contribution >= 0.6 is 0 Å². The Morgan fingerprint density at radius 3 is 2.57 bits per heavy atom.